The van der Waals surface area contributed by atoms with Crippen LogP contribution in [0.3, 0.4) is 0 Å². The van der Waals surface area contributed by atoms with Gasteiger partial charge in [0.15, 0.2) is 4.80 Å². The van der Waals surface area contributed by atoms with Crippen LogP contribution in [-0.2, 0) is 7.05 Å². The maximum absolute atomic E-state index is 12.1. The zero-order valence-corrected chi connectivity index (χ0v) is 12.1. The monoisotopic (exact) mass is 282 g/mol. The quantitative estimate of drug-likeness (QED) is 0.674. The molecule has 0 bridgehead atoms. The fourth-order valence-electron chi connectivity index (χ4n) is 2.08. The van der Waals surface area contributed by atoms with Gasteiger partial charge < -0.3 is 4.57 Å². The number of carbonyl (C=O) groups excluding carboxylic acids is 1. The Labute approximate surface area is 120 Å². The highest BCUT2D eigenvalue weighted by Crippen LogP contribution is 2.17. The van der Waals surface area contributed by atoms with E-state index < -0.39 is 0 Å². The Hall–Kier alpha value is -2.20. The Morgan fingerprint density at radius 1 is 1.15 bits per heavy atom. The summed E-state index contributed by atoms with van der Waals surface area (Å²) in [5, 5.41) is 0. The van der Waals surface area contributed by atoms with Crippen LogP contribution in [0.4, 0.5) is 0 Å². The Bertz CT molecular complexity index is 844. The van der Waals surface area contributed by atoms with Crippen molar-refractivity contribution in [1.82, 2.24) is 4.57 Å². The van der Waals surface area contributed by atoms with Gasteiger partial charge in [-0.05, 0) is 36.8 Å². The average Bonchev–Trinajstić information content (AvgIpc) is 2.75. The first-order chi connectivity index (χ1) is 9.65. The minimum atomic E-state index is -0.204. The molecule has 0 spiro atoms. The molecule has 1 aromatic heterocycles. The predicted molar refractivity (Wildman–Crippen MR) is 81.9 cm³/mol. The molecular weight excluding hydrogens is 268 g/mol. The summed E-state index contributed by atoms with van der Waals surface area (Å²) >= 11 is 1.54. The van der Waals surface area contributed by atoms with Crippen LogP contribution in [0.15, 0.2) is 53.5 Å². The van der Waals surface area contributed by atoms with E-state index in [-0.39, 0.29) is 5.91 Å². The molecule has 0 radical (unpaired) electrons. The van der Waals surface area contributed by atoms with E-state index in [1.165, 1.54) is 16.9 Å². The van der Waals surface area contributed by atoms with Gasteiger partial charge in [-0.2, -0.15) is 4.99 Å². The maximum Gasteiger partial charge on any atom is 0.279 e. The minimum absolute atomic E-state index is 0.204. The number of hydrogen-bond donors (Lipinski definition) is 0. The third-order valence-corrected chi connectivity index (χ3v) is 4.28. The number of aromatic nitrogens is 1. The molecule has 0 unspecified atom stereocenters. The molecule has 1 heterocycles. The molecule has 1 amide bonds. The number of benzene rings is 2. The van der Waals surface area contributed by atoms with Crippen LogP contribution < -0.4 is 4.80 Å². The molecule has 0 N–H and O–H groups in total. The van der Waals surface area contributed by atoms with E-state index in [4.69, 9.17) is 0 Å². The highest BCUT2D eigenvalue weighted by atomic mass is 32.1. The van der Waals surface area contributed by atoms with Crippen LogP contribution in [0.2, 0.25) is 0 Å². The van der Waals surface area contributed by atoms with Crippen molar-refractivity contribution in [1.29, 1.82) is 0 Å². The van der Waals surface area contributed by atoms with Gasteiger partial charge in [-0.1, -0.05) is 35.6 Å². The Balaban J connectivity index is 2.12. The largest absolute Gasteiger partial charge is 0.319 e. The molecule has 0 saturated carbocycles. The normalized spacial score (nSPS) is 12.0. The number of aryl methyl sites for hydroxylation is 2. The van der Waals surface area contributed by atoms with Crippen LogP contribution >= 0.6 is 11.3 Å². The van der Waals surface area contributed by atoms with Gasteiger partial charge in [0.2, 0.25) is 0 Å². The fraction of sp³-hybridized carbons (Fsp3) is 0.125. The number of hydrogen-bond acceptors (Lipinski definition) is 2. The lowest BCUT2D eigenvalue weighted by Gasteiger charge is -1.96. The van der Waals surface area contributed by atoms with Gasteiger partial charge in [-0.3, -0.25) is 4.79 Å². The molecule has 20 heavy (non-hydrogen) atoms. The number of amides is 1. The smallest absolute Gasteiger partial charge is 0.279 e. The van der Waals surface area contributed by atoms with Crippen molar-refractivity contribution >= 4 is 27.5 Å². The van der Waals surface area contributed by atoms with Gasteiger partial charge >= 0.3 is 0 Å². The summed E-state index contributed by atoms with van der Waals surface area (Å²) in [7, 11) is 1.94. The molecule has 0 aliphatic heterocycles. The third-order valence-electron chi connectivity index (χ3n) is 3.18. The van der Waals surface area contributed by atoms with E-state index in [0.29, 0.717) is 5.56 Å². The lowest BCUT2D eigenvalue weighted by atomic mass is 10.2. The number of nitrogens with zero attached hydrogens (tertiary/aromatic N) is 2. The molecule has 0 aliphatic carbocycles. The Morgan fingerprint density at radius 3 is 2.65 bits per heavy atom. The SMILES string of the molecule is Cc1ccc2c(c1)sc(=NC(=O)c1ccccc1)n2C. The Kier molecular flexibility index (Phi) is 3.24. The molecule has 0 atom stereocenters. The van der Waals surface area contributed by atoms with Gasteiger partial charge in [0.1, 0.15) is 0 Å². The van der Waals surface area contributed by atoms with Crippen LogP contribution in [0.5, 0.6) is 0 Å². The molecule has 3 aromatic rings. The van der Waals surface area contributed by atoms with Crippen LogP contribution in [0, 0.1) is 6.92 Å². The fourth-order valence-corrected chi connectivity index (χ4v) is 3.19. The number of thiazole rings is 1. The van der Waals surface area contributed by atoms with Gasteiger partial charge in [0.25, 0.3) is 5.91 Å². The van der Waals surface area contributed by atoms with Crippen LogP contribution in [-0.4, -0.2) is 10.5 Å². The van der Waals surface area contributed by atoms with E-state index in [0.717, 1.165) is 15.0 Å². The van der Waals surface area contributed by atoms with Crippen molar-refractivity contribution in [3.05, 3.63) is 64.5 Å². The van der Waals surface area contributed by atoms with E-state index in [2.05, 4.69) is 30.1 Å². The third kappa shape index (κ3) is 2.30. The van der Waals surface area contributed by atoms with E-state index in [9.17, 15) is 4.79 Å². The van der Waals surface area contributed by atoms with E-state index >= 15 is 0 Å². The number of carbonyl (C=O) groups is 1. The standard InChI is InChI=1S/C16H14N2OS/c1-11-8-9-13-14(10-11)20-16(18(13)2)17-15(19)12-6-4-3-5-7-12/h3-10H,1-2H3. The highest BCUT2D eigenvalue weighted by molar-refractivity contribution is 7.16. The summed E-state index contributed by atoms with van der Waals surface area (Å²) in [5.41, 5.74) is 2.92. The van der Waals surface area contributed by atoms with Gasteiger partial charge in [0, 0.05) is 12.6 Å². The number of rotatable bonds is 1. The molecule has 4 heteroatoms. The lowest BCUT2D eigenvalue weighted by Crippen LogP contribution is -2.13. The zero-order valence-electron chi connectivity index (χ0n) is 11.3. The summed E-state index contributed by atoms with van der Waals surface area (Å²) in [5.74, 6) is -0.204. The highest BCUT2D eigenvalue weighted by Gasteiger charge is 2.06. The Morgan fingerprint density at radius 2 is 1.90 bits per heavy atom. The first-order valence-electron chi connectivity index (χ1n) is 6.35. The summed E-state index contributed by atoms with van der Waals surface area (Å²) in [4.78, 5) is 17.1. The molecule has 0 saturated heterocycles. The van der Waals surface area contributed by atoms with E-state index in [1.54, 1.807) is 12.1 Å². The molecule has 3 nitrogen and oxygen atoms in total. The topological polar surface area (TPSA) is 34.4 Å². The van der Waals surface area contributed by atoms with Crippen molar-refractivity contribution in [2.75, 3.05) is 0 Å². The second-order valence-corrected chi connectivity index (χ2v) is 5.71. The second-order valence-electron chi connectivity index (χ2n) is 4.70. The van der Waals surface area contributed by atoms with Gasteiger partial charge in [-0.25, -0.2) is 0 Å². The second kappa shape index (κ2) is 5.06. The summed E-state index contributed by atoms with van der Waals surface area (Å²) in [6.07, 6.45) is 0. The molecule has 2 aromatic carbocycles. The molecule has 0 aliphatic rings. The first-order valence-corrected chi connectivity index (χ1v) is 7.17. The van der Waals surface area contributed by atoms with Gasteiger partial charge in [0.05, 0.1) is 10.2 Å². The van der Waals surface area contributed by atoms with E-state index in [1.807, 2.05) is 29.8 Å². The average molecular weight is 282 g/mol. The lowest BCUT2D eigenvalue weighted by molar-refractivity contribution is 0.0998. The van der Waals surface area contributed by atoms with Crippen molar-refractivity contribution in [3.63, 3.8) is 0 Å². The molecule has 100 valence electrons. The van der Waals surface area contributed by atoms with Gasteiger partial charge in [-0.15, -0.1) is 0 Å². The zero-order chi connectivity index (χ0) is 14.1. The molecular formula is C16H14N2OS. The maximum atomic E-state index is 12.1. The number of fused-ring (bicyclic) bond motifs is 1. The van der Waals surface area contributed by atoms with Crippen LogP contribution in [0.25, 0.3) is 10.2 Å². The van der Waals surface area contributed by atoms with Crippen molar-refractivity contribution < 1.29 is 4.79 Å². The minimum Gasteiger partial charge on any atom is -0.319 e. The van der Waals surface area contributed by atoms with Crippen LogP contribution in [0.1, 0.15) is 15.9 Å². The molecule has 0 fully saturated rings. The summed E-state index contributed by atoms with van der Waals surface area (Å²) in [6.45, 7) is 2.06. The van der Waals surface area contributed by atoms with Crippen molar-refractivity contribution in [2.45, 2.75) is 6.92 Å². The van der Waals surface area contributed by atoms with Crippen molar-refractivity contribution in [2.24, 2.45) is 12.0 Å². The summed E-state index contributed by atoms with van der Waals surface area (Å²) in [6, 6.07) is 15.4. The van der Waals surface area contributed by atoms with Crippen molar-refractivity contribution in [3.8, 4) is 0 Å². The first kappa shape index (κ1) is 12.8. The molecule has 3 rings (SSSR count). The predicted octanol–water partition coefficient (Wildman–Crippen LogP) is 3.29. The summed E-state index contributed by atoms with van der Waals surface area (Å²) < 4.78 is 3.10.